The van der Waals surface area contributed by atoms with Crippen LogP contribution in [0.5, 0.6) is 0 Å². The molecule has 0 saturated heterocycles. The number of thiol groups is 1. The Labute approximate surface area is 134 Å². The van der Waals surface area contributed by atoms with Gasteiger partial charge in [0.1, 0.15) is 4.91 Å². The molecule has 0 unspecified atom stereocenters. The molecule has 0 amide bonds. The van der Waals surface area contributed by atoms with Crippen molar-refractivity contribution in [2.75, 3.05) is 7.11 Å². The number of ether oxygens (including phenoxy) is 1. The van der Waals surface area contributed by atoms with Gasteiger partial charge in [-0.1, -0.05) is 35.9 Å². The van der Waals surface area contributed by atoms with Gasteiger partial charge in [0, 0.05) is 17.7 Å². The lowest BCUT2D eigenvalue weighted by Crippen LogP contribution is -2.37. The molecule has 0 fully saturated rings. The number of methoxy groups -OCH3 is 1. The molecule has 1 aromatic heterocycles. The van der Waals surface area contributed by atoms with Gasteiger partial charge >= 0.3 is 11.7 Å². The van der Waals surface area contributed by atoms with Crippen molar-refractivity contribution < 1.29 is 18.9 Å². The Bertz CT molecular complexity index is 721. The summed E-state index contributed by atoms with van der Waals surface area (Å²) in [5.41, 5.74) is 1.59. The molecule has 0 aliphatic heterocycles. The Morgan fingerprint density at radius 3 is 2.18 bits per heavy atom. The molecule has 0 radical (unpaired) electrons. The van der Waals surface area contributed by atoms with E-state index in [-0.39, 0.29) is 16.4 Å². The van der Waals surface area contributed by atoms with Crippen molar-refractivity contribution in [3.8, 4) is 0 Å². The fraction of sp³-hybridized carbons (Fsp3) is 0.118. The lowest BCUT2D eigenvalue weighted by molar-refractivity contribution is -0.578. The SMILES string of the molecule is COC(=O)/C(=C(/S)C(=O)c1ccc(C)cc1)[n+]1ccccc1. The molecular formula is C17H16NO3S+. The van der Waals surface area contributed by atoms with E-state index in [0.29, 0.717) is 5.56 Å². The number of pyridine rings is 1. The number of Topliss-reactive ketones (excluding diaryl/α,β-unsaturated/α-hetero) is 1. The lowest BCUT2D eigenvalue weighted by atomic mass is 10.1. The van der Waals surface area contributed by atoms with E-state index < -0.39 is 5.97 Å². The summed E-state index contributed by atoms with van der Waals surface area (Å²) in [7, 11) is 1.27. The third-order valence-electron chi connectivity index (χ3n) is 3.11. The van der Waals surface area contributed by atoms with Crippen LogP contribution >= 0.6 is 12.6 Å². The quantitative estimate of drug-likeness (QED) is 0.310. The van der Waals surface area contributed by atoms with Crippen molar-refractivity contribution in [2.45, 2.75) is 6.92 Å². The van der Waals surface area contributed by atoms with Gasteiger partial charge in [-0.15, -0.1) is 12.6 Å². The van der Waals surface area contributed by atoms with E-state index in [1.165, 1.54) is 11.7 Å². The molecule has 0 spiro atoms. The summed E-state index contributed by atoms with van der Waals surface area (Å²) >= 11 is 4.27. The molecule has 1 aromatic carbocycles. The van der Waals surface area contributed by atoms with Crippen molar-refractivity contribution in [2.24, 2.45) is 0 Å². The molecule has 2 aromatic rings. The highest BCUT2D eigenvalue weighted by Crippen LogP contribution is 2.17. The topological polar surface area (TPSA) is 47.3 Å². The molecule has 4 nitrogen and oxygen atoms in total. The number of hydrogen-bond acceptors (Lipinski definition) is 4. The van der Waals surface area contributed by atoms with Crippen LogP contribution in [0, 0.1) is 6.92 Å². The highest BCUT2D eigenvalue weighted by molar-refractivity contribution is 7.86. The van der Waals surface area contributed by atoms with Gasteiger partial charge in [-0.3, -0.25) is 4.79 Å². The molecule has 22 heavy (non-hydrogen) atoms. The molecular weight excluding hydrogens is 298 g/mol. The summed E-state index contributed by atoms with van der Waals surface area (Å²) in [6, 6.07) is 12.4. The van der Waals surface area contributed by atoms with Gasteiger partial charge in [0.15, 0.2) is 12.4 Å². The first-order valence-corrected chi connectivity index (χ1v) is 7.09. The highest BCUT2D eigenvalue weighted by Gasteiger charge is 2.28. The number of benzene rings is 1. The predicted octanol–water partition coefficient (Wildman–Crippen LogP) is 2.44. The number of allylic oxidation sites excluding steroid dienone is 1. The summed E-state index contributed by atoms with van der Waals surface area (Å²) in [4.78, 5) is 24.6. The van der Waals surface area contributed by atoms with Gasteiger partial charge in [-0.05, 0) is 6.92 Å². The summed E-state index contributed by atoms with van der Waals surface area (Å²) < 4.78 is 6.29. The van der Waals surface area contributed by atoms with E-state index in [2.05, 4.69) is 12.6 Å². The minimum Gasteiger partial charge on any atom is -0.461 e. The minimum atomic E-state index is -0.623. The molecule has 0 atom stereocenters. The van der Waals surface area contributed by atoms with Crippen LogP contribution in [0.2, 0.25) is 0 Å². The second kappa shape index (κ2) is 7.04. The van der Waals surface area contributed by atoms with Crippen molar-refractivity contribution >= 4 is 30.1 Å². The van der Waals surface area contributed by atoms with Crippen molar-refractivity contribution in [1.82, 2.24) is 0 Å². The van der Waals surface area contributed by atoms with E-state index in [4.69, 9.17) is 4.74 Å². The van der Waals surface area contributed by atoms with E-state index >= 15 is 0 Å². The smallest absolute Gasteiger partial charge is 0.405 e. The number of ketones is 1. The number of aryl methyl sites for hydroxylation is 1. The highest BCUT2D eigenvalue weighted by atomic mass is 32.1. The van der Waals surface area contributed by atoms with Crippen LogP contribution in [0.4, 0.5) is 0 Å². The molecule has 5 heteroatoms. The molecule has 0 bridgehead atoms. The second-order valence-electron chi connectivity index (χ2n) is 4.67. The Morgan fingerprint density at radius 2 is 1.64 bits per heavy atom. The molecule has 112 valence electrons. The maximum Gasteiger partial charge on any atom is 0.405 e. The zero-order valence-electron chi connectivity index (χ0n) is 12.3. The molecule has 0 saturated carbocycles. The maximum atomic E-state index is 12.5. The van der Waals surface area contributed by atoms with Crippen LogP contribution < -0.4 is 4.57 Å². The number of rotatable bonds is 4. The number of esters is 1. The third-order valence-corrected chi connectivity index (χ3v) is 3.52. The van der Waals surface area contributed by atoms with Gasteiger partial charge in [-0.25, -0.2) is 4.79 Å². The predicted molar refractivity (Wildman–Crippen MR) is 86.4 cm³/mol. The fourth-order valence-electron chi connectivity index (χ4n) is 1.92. The summed E-state index contributed by atoms with van der Waals surface area (Å²) in [5.74, 6) is -0.957. The van der Waals surface area contributed by atoms with Crippen molar-refractivity contribution in [3.63, 3.8) is 0 Å². The van der Waals surface area contributed by atoms with Gasteiger partial charge in [0.25, 0.3) is 0 Å². The zero-order chi connectivity index (χ0) is 16.1. The van der Waals surface area contributed by atoms with Crippen molar-refractivity contribution in [3.05, 3.63) is 70.9 Å². The third kappa shape index (κ3) is 3.43. The number of carbonyl (C=O) groups is 2. The molecule has 0 aliphatic carbocycles. The van der Waals surface area contributed by atoms with Crippen molar-refractivity contribution in [1.29, 1.82) is 0 Å². The largest absolute Gasteiger partial charge is 0.461 e. The first-order valence-electron chi connectivity index (χ1n) is 6.64. The first kappa shape index (κ1) is 16.0. The van der Waals surface area contributed by atoms with Crippen LogP contribution in [0.25, 0.3) is 5.70 Å². The van der Waals surface area contributed by atoms with Crippen LogP contribution in [-0.2, 0) is 9.53 Å². The number of carbonyl (C=O) groups excluding carboxylic acids is 2. The minimum absolute atomic E-state index is 0.0342. The average Bonchev–Trinajstić information content (AvgIpc) is 2.55. The van der Waals surface area contributed by atoms with Crippen LogP contribution in [0.15, 0.2) is 59.8 Å². The van der Waals surface area contributed by atoms with Crippen LogP contribution in [-0.4, -0.2) is 18.9 Å². The standard InChI is InChI=1S/C17H15NO3S/c1-12-6-8-13(9-7-12)15(19)16(22)14(17(20)21-2)18-10-4-3-5-11-18/h3-11H,1-2H3/p+1. The number of aromatic nitrogens is 1. The lowest BCUT2D eigenvalue weighted by Gasteiger charge is -2.05. The fourth-order valence-corrected chi connectivity index (χ4v) is 2.25. The Hall–Kier alpha value is -2.40. The molecule has 0 aliphatic rings. The van der Waals surface area contributed by atoms with E-state index in [9.17, 15) is 9.59 Å². The second-order valence-corrected chi connectivity index (χ2v) is 5.11. The van der Waals surface area contributed by atoms with Gasteiger partial charge < -0.3 is 4.74 Å². The van der Waals surface area contributed by atoms with E-state index in [0.717, 1.165) is 5.56 Å². The van der Waals surface area contributed by atoms with E-state index in [1.54, 1.807) is 36.7 Å². The van der Waals surface area contributed by atoms with Crippen LogP contribution in [0.3, 0.4) is 0 Å². The molecule has 1 heterocycles. The average molecular weight is 314 g/mol. The van der Waals surface area contributed by atoms with Gasteiger partial charge in [-0.2, -0.15) is 4.57 Å². The molecule has 2 rings (SSSR count). The van der Waals surface area contributed by atoms with Gasteiger partial charge in [0.2, 0.25) is 5.78 Å². The number of hydrogen-bond donors (Lipinski definition) is 1. The monoisotopic (exact) mass is 314 g/mol. The zero-order valence-corrected chi connectivity index (χ0v) is 13.2. The first-order chi connectivity index (χ1) is 10.5. The Morgan fingerprint density at radius 1 is 1.05 bits per heavy atom. The molecule has 0 N–H and O–H groups in total. The summed E-state index contributed by atoms with van der Waals surface area (Å²) in [6.07, 6.45) is 3.32. The normalized spacial score (nSPS) is 11.6. The van der Waals surface area contributed by atoms with Crippen LogP contribution in [0.1, 0.15) is 15.9 Å². The Kier molecular flexibility index (Phi) is 5.12. The van der Waals surface area contributed by atoms with Gasteiger partial charge in [0.05, 0.1) is 7.11 Å². The number of nitrogens with zero attached hydrogens (tertiary/aromatic N) is 1. The summed E-state index contributed by atoms with van der Waals surface area (Å²) in [5, 5.41) is 0. The summed E-state index contributed by atoms with van der Waals surface area (Å²) in [6.45, 7) is 1.94. The Balaban J connectivity index is 2.52. The maximum absolute atomic E-state index is 12.5. The van der Waals surface area contributed by atoms with E-state index in [1.807, 2.05) is 25.1 Å².